The molecule has 12 heavy (non-hydrogen) atoms. The van der Waals surface area contributed by atoms with Crippen molar-refractivity contribution in [3.05, 3.63) is 17.8 Å². The van der Waals surface area contributed by atoms with E-state index in [9.17, 15) is 0 Å². The van der Waals surface area contributed by atoms with E-state index in [1.807, 2.05) is 19.1 Å². The number of anilines is 1. The Bertz CT molecular complexity index is 301. The number of hydrogen-bond acceptors (Lipinski definition) is 4. The average Bonchev–Trinajstić information content (AvgIpc) is 2.05. The van der Waals surface area contributed by atoms with Gasteiger partial charge >= 0.3 is 0 Å². The van der Waals surface area contributed by atoms with Gasteiger partial charge in [0.25, 0.3) is 0 Å². The summed E-state index contributed by atoms with van der Waals surface area (Å²) in [6, 6.07) is 3.72. The van der Waals surface area contributed by atoms with Gasteiger partial charge in [-0.05, 0) is 19.1 Å². The first-order valence-corrected chi connectivity index (χ1v) is 3.81. The molecule has 4 heteroatoms. The largest absolute Gasteiger partial charge is 0.471 e. The zero-order chi connectivity index (χ0) is 8.55. The predicted octanol–water partition coefficient (Wildman–Crippen LogP) is 0.513. The maximum atomic E-state index is 9.16. The zero-order valence-corrected chi connectivity index (χ0v) is 6.74. The second-order valence-electron chi connectivity index (χ2n) is 2.78. The van der Waals surface area contributed by atoms with Crippen LogP contribution in [0.15, 0.2) is 12.1 Å². The van der Waals surface area contributed by atoms with E-state index >= 15 is 0 Å². The normalized spacial score (nSPS) is 20.7. The monoisotopic (exact) mass is 166 g/mol. The lowest BCUT2D eigenvalue weighted by atomic mass is 10.3. The molecule has 2 N–H and O–H groups in total. The van der Waals surface area contributed by atoms with E-state index in [1.54, 1.807) is 0 Å². The minimum Gasteiger partial charge on any atom is -0.471 e. The van der Waals surface area contributed by atoms with Gasteiger partial charge in [-0.3, -0.25) is 0 Å². The number of aliphatic hydroxyl groups is 1. The molecule has 0 radical (unpaired) electrons. The smallest absolute Gasteiger partial charge is 0.237 e. The van der Waals surface area contributed by atoms with Crippen molar-refractivity contribution in [2.45, 2.75) is 13.2 Å². The minimum absolute atomic E-state index is 0.253. The van der Waals surface area contributed by atoms with Crippen LogP contribution in [0.4, 0.5) is 5.69 Å². The van der Waals surface area contributed by atoms with Crippen LogP contribution in [0, 0.1) is 6.92 Å². The second-order valence-corrected chi connectivity index (χ2v) is 2.78. The minimum atomic E-state index is -0.623. The summed E-state index contributed by atoms with van der Waals surface area (Å²) in [4.78, 5) is 4.15. The third-order valence-electron chi connectivity index (χ3n) is 1.70. The molecule has 1 aromatic heterocycles. The molecule has 0 aromatic carbocycles. The summed E-state index contributed by atoms with van der Waals surface area (Å²) in [6.07, 6.45) is -0.623. The van der Waals surface area contributed by atoms with E-state index in [4.69, 9.17) is 9.84 Å². The van der Waals surface area contributed by atoms with Crippen molar-refractivity contribution in [2.75, 3.05) is 11.9 Å². The molecule has 1 aromatic rings. The van der Waals surface area contributed by atoms with Crippen LogP contribution in [0.5, 0.6) is 5.88 Å². The van der Waals surface area contributed by atoms with Gasteiger partial charge in [-0.1, -0.05) is 0 Å². The van der Waals surface area contributed by atoms with Crippen molar-refractivity contribution in [3.8, 4) is 5.88 Å². The van der Waals surface area contributed by atoms with Gasteiger partial charge < -0.3 is 15.2 Å². The van der Waals surface area contributed by atoms with Crippen LogP contribution >= 0.6 is 0 Å². The number of aliphatic hydroxyl groups excluding tert-OH is 1. The Balaban J connectivity index is 2.37. The second kappa shape index (κ2) is 2.64. The number of nitrogens with one attached hydrogen (secondary N) is 1. The summed E-state index contributed by atoms with van der Waals surface area (Å²) >= 11 is 0. The van der Waals surface area contributed by atoms with Crippen molar-refractivity contribution in [1.29, 1.82) is 0 Å². The summed E-state index contributed by atoms with van der Waals surface area (Å²) in [7, 11) is 0. The lowest BCUT2D eigenvalue weighted by Crippen LogP contribution is -2.31. The van der Waals surface area contributed by atoms with Crippen molar-refractivity contribution in [3.63, 3.8) is 0 Å². The summed E-state index contributed by atoms with van der Waals surface area (Å²) in [5.74, 6) is 0.570. The molecule has 1 unspecified atom stereocenters. The first kappa shape index (κ1) is 7.36. The first-order chi connectivity index (χ1) is 5.75. The summed E-state index contributed by atoms with van der Waals surface area (Å²) in [6.45, 7) is 2.15. The van der Waals surface area contributed by atoms with Gasteiger partial charge in [-0.2, -0.15) is 0 Å². The maximum Gasteiger partial charge on any atom is 0.237 e. The molecule has 0 amide bonds. The number of aryl methyl sites for hydroxylation is 1. The van der Waals surface area contributed by atoms with Gasteiger partial charge in [0.1, 0.15) is 6.61 Å². The third-order valence-corrected chi connectivity index (χ3v) is 1.70. The first-order valence-electron chi connectivity index (χ1n) is 3.81. The van der Waals surface area contributed by atoms with Crippen LogP contribution in [0.3, 0.4) is 0 Å². The Morgan fingerprint density at radius 2 is 2.50 bits per heavy atom. The summed E-state index contributed by atoms with van der Waals surface area (Å²) in [5.41, 5.74) is 1.66. The number of fused-ring (bicyclic) bond motifs is 1. The van der Waals surface area contributed by atoms with E-state index in [1.165, 1.54) is 0 Å². The SMILES string of the molecule is Cc1ccc2c(n1)OCC(O)N2. The Labute approximate surface area is 70.2 Å². The molecular formula is C8H10N2O2. The molecule has 0 bridgehead atoms. The van der Waals surface area contributed by atoms with Gasteiger partial charge in [-0.25, -0.2) is 4.98 Å². The van der Waals surface area contributed by atoms with Crippen molar-refractivity contribution in [1.82, 2.24) is 4.98 Å². The van der Waals surface area contributed by atoms with Crippen molar-refractivity contribution in [2.24, 2.45) is 0 Å². The molecule has 0 saturated carbocycles. The molecule has 4 nitrogen and oxygen atoms in total. The van der Waals surface area contributed by atoms with Crippen LogP contribution in [-0.4, -0.2) is 22.9 Å². The van der Waals surface area contributed by atoms with Crippen LogP contribution in [0.1, 0.15) is 5.69 Å². The Kier molecular flexibility index (Phi) is 1.62. The highest BCUT2D eigenvalue weighted by atomic mass is 16.5. The highest BCUT2D eigenvalue weighted by Crippen LogP contribution is 2.25. The Morgan fingerprint density at radius 3 is 3.33 bits per heavy atom. The molecule has 0 aliphatic carbocycles. The fourth-order valence-corrected chi connectivity index (χ4v) is 1.13. The topological polar surface area (TPSA) is 54.4 Å². The van der Waals surface area contributed by atoms with Crippen LogP contribution in [0.2, 0.25) is 0 Å². The quantitative estimate of drug-likeness (QED) is 0.589. The highest BCUT2D eigenvalue weighted by molar-refractivity contribution is 5.54. The fraction of sp³-hybridized carbons (Fsp3) is 0.375. The van der Waals surface area contributed by atoms with Crippen molar-refractivity contribution < 1.29 is 9.84 Å². The molecule has 1 aliphatic heterocycles. The van der Waals surface area contributed by atoms with Crippen molar-refractivity contribution >= 4 is 5.69 Å². The molecule has 0 spiro atoms. The standard InChI is InChI=1S/C8H10N2O2/c1-5-2-3-6-8(9-5)12-4-7(11)10-6/h2-3,7,10-11H,4H2,1H3. The van der Waals surface area contributed by atoms with Crippen LogP contribution in [0.25, 0.3) is 0 Å². The fourth-order valence-electron chi connectivity index (χ4n) is 1.13. The van der Waals surface area contributed by atoms with E-state index in [0.717, 1.165) is 11.4 Å². The molecule has 0 fully saturated rings. The van der Waals surface area contributed by atoms with E-state index < -0.39 is 6.23 Å². The number of rotatable bonds is 0. The lowest BCUT2D eigenvalue weighted by Gasteiger charge is -2.22. The Hall–Kier alpha value is -1.29. The van der Waals surface area contributed by atoms with Gasteiger partial charge in [0.2, 0.25) is 5.88 Å². The van der Waals surface area contributed by atoms with E-state index in [0.29, 0.717) is 5.88 Å². The number of hydrogen-bond donors (Lipinski definition) is 2. The van der Waals surface area contributed by atoms with Gasteiger partial charge in [-0.15, -0.1) is 0 Å². The number of nitrogens with zero attached hydrogens (tertiary/aromatic N) is 1. The molecular weight excluding hydrogens is 156 g/mol. The van der Waals surface area contributed by atoms with Gasteiger partial charge in [0.05, 0.1) is 5.69 Å². The van der Waals surface area contributed by atoms with Gasteiger partial charge in [0, 0.05) is 5.69 Å². The maximum absolute atomic E-state index is 9.16. The Morgan fingerprint density at radius 1 is 1.67 bits per heavy atom. The molecule has 1 atom stereocenters. The molecule has 0 saturated heterocycles. The van der Waals surface area contributed by atoms with Crippen LogP contribution in [-0.2, 0) is 0 Å². The van der Waals surface area contributed by atoms with E-state index in [2.05, 4.69) is 10.3 Å². The zero-order valence-electron chi connectivity index (χ0n) is 6.74. The summed E-state index contributed by atoms with van der Waals surface area (Å²) < 4.78 is 5.19. The lowest BCUT2D eigenvalue weighted by molar-refractivity contribution is 0.116. The van der Waals surface area contributed by atoms with Crippen LogP contribution < -0.4 is 10.1 Å². The highest BCUT2D eigenvalue weighted by Gasteiger charge is 2.16. The number of ether oxygens (including phenoxy) is 1. The number of aromatic nitrogens is 1. The molecule has 2 rings (SSSR count). The number of pyridine rings is 1. The summed E-state index contributed by atoms with van der Waals surface area (Å²) in [5, 5.41) is 12.0. The van der Waals surface area contributed by atoms with E-state index in [-0.39, 0.29) is 6.61 Å². The molecule has 2 heterocycles. The average molecular weight is 166 g/mol. The third kappa shape index (κ3) is 1.21. The van der Waals surface area contributed by atoms with Gasteiger partial charge in [0.15, 0.2) is 6.23 Å². The predicted molar refractivity (Wildman–Crippen MR) is 44.1 cm³/mol. The molecule has 64 valence electrons. The molecule has 1 aliphatic rings.